The summed E-state index contributed by atoms with van der Waals surface area (Å²) < 4.78 is 5.88. The normalized spacial score (nSPS) is 16.5. The van der Waals surface area contributed by atoms with Crippen molar-refractivity contribution >= 4 is 11.7 Å². The number of likely N-dealkylation sites (tertiary alicyclic amines) is 1. The molecule has 6 nitrogen and oxygen atoms in total. The van der Waals surface area contributed by atoms with Crippen LogP contribution in [0, 0.1) is 0 Å². The number of aromatic nitrogens is 2. The molecule has 1 amide bonds. The quantitative estimate of drug-likeness (QED) is 0.765. The molecule has 26 heavy (non-hydrogen) atoms. The number of ether oxygens (including phenoxy) is 1. The Hall–Kier alpha value is -2.63. The molecule has 3 rings (SSSR count). The van der Waals surface area contributed by atoms with Gasteiger partial charge in [0.15, 0.2) is 5.82 Å². The second kappa shape index (κ2) is 8.65. The van der Waals surface area contributed by atoms with E-state index in [1.165, 1.54) is 5.56 Å². The summed E-state index contributed by atoms with van der Waals surface area (Å²) in [5.41, 5.74) is 1.28. The summed E-state index contributed by atoms with van der Waals surface area (Å²) in [4.78, 5) is 16.2. The molecular weight excluding hydrogens is 328 g/mol. The Balaban J connectivity index is 1.42. The molecule has 0 aliphatic carbocycles. The summed E-state index contributed by atoms with van der Waals surface area (Å²) in [6.45, 7) is 1.37. The lowest BCUT2D eigenvalue weighted by Crippen LogP contribution is -2.30. The molecule has 1 saturated heterocycles. The van der Waals surface area contributed by atoms with Gasteiger partial charge in [0.2, 0.25) is 11.8 Å². The molecule has 0 saturated carbocycles. The molecule has 138 valence electrons. The molecule has 2 heterocycles. The maximum Gasteiger partial charge on any atom is 0.233 e. The zero-order chi connectivity index (χ0) is 18.4. The first-order valence-electron chi connectivity index (χ1n) is 9.11. The van der Waals surface area contributed by atoms with Crippen LogP contribution < -0.4 is 9.64 Å². The van der Waals surface area contributed by atoms with Crippen molar-refractivity contribution in [3.05, 3.63) is 48.0 Å². The van der Waals surface area contributed by atoms with Gasteiger partial charge in [0.1, 0.15) is 6.10 Å². The molecule has 1 aliphatic rings. The van der Waals surface area contributed by atoms with E-state index in [4.69, 9.17) is 4.74 Å². The average Bonchev–Trinajstić information content (AvgIpc) is 3.11. The van der Waals surface area contributed by atoms with Crippen LogP contribution in [-0.4, -0.2) is 54.3 Å². The highest BCUT2D eigenvalue weighted by Crippen LogP contribution is 2.18. The molecule has 1 aromatic heterocycles. The van der Waals surface area contributed by atoms with Gasteiger partial charge in [-0.3, -0.25) is 4.79 Å². The molecule has 1 aliphatic heterocycles. The summed E-state index contributed by atoms with van der Waals surface area (Å²) >= 11 is 0. The number of hydrogen-bond acceptors (Lipinski definition) is 5. The lowest BCUT2D eigenvalue weighted by Gasteiger charge is -2.17. The highest BCUT2D eigenvalue weighted by atomic mass is 16.5. The fourth-order valence-corrected chi connectivity index (χ4v) is 3.08. The first-order chi connectivity index (χ1) is 12.6. The van der Waals surface area contributed by atoms with Crippen LogP contribution in [0.25, 0.3) is 0 Å². The Morgan fingerprint density at radius 1 is 1.19 bits per heavy atom. The van der Waals surface area contributed by atoms with Crippen molar-refractivity contribution < 1.29 is 9.53 Å². The van der Waals surface area contributed by atoms with Crippen LogP contribution in [0.4, 0.5) is 5.82 Å². The average molecular weight is 354 g/mol. The van der Waals surface area contributed by atoms with Gasteiger partial charge in [0.25, 0.3) is 0 Å². The number of carbonyl (C=O) groups excluding carboxylic acids is 1. The van der Waals surface area contributed by atoms with Crippen LogP contribution in [0.3, 0.4) is 0 Å². The van der Waals surface area contributed by atoms with E-state index in [0.29, 0.717) is 18.8 Å². The smallest absolute Gasteiger partial charge is 0.233 e. The van der Waals surface area contributed by atoms with E-state index in [1.807, 2.05) is 54.2 Å². The number of carbonyl (C=O) groups is 1. The molecule has 6 heteroatoms. The van der Waals surface area contributed by atoms with Crippen LogP contribution in [-0.2, 0) is 11.2 Å². The second-order valence-electron chi connectivity index (χ2n) is 6.83. The van der Waals surface area contributed by atoms with Crippen molar-refractivity contribution in [2.45, 2.75) is 31.8 Å². The molecule has 1 aromatic carbocycles. The monoisotopic (exact) mass is 354 g/mol. The van der Waals surface area contributed by atoms with E-state index in [2.05, 4.69) is 22.3 Å². The van der Waals surface area contributed by atoms with Gasteiger partial charge in [-0.15, -0.1) is 10.2 Å². The van der Waals surface area contributed by atoms with Crippen LogP contribution >= 0.6 is 0 Å². The number of rotatable bonds is 7. The molecular formula is C20H26N4O2. The van der Waals surface area contributed by atoms with Gasteiger partial charge in [0, 0.05) is 39.5 Å². The van der Waals surface area contributed by atoms with Crippen LogP contribution in [0.15, 0.2) is 42.5 Å². The Morgan fingerprint density at radius 3 is 2.69 bits per heavy atom. The maximum atomic E-state index is 12.4. The minimum atomic E-state index is -0.00687. The van der Waals surface area contributed by atoms with E-state index in [-0.39, 0.29) is 12.0 Å². The number of hydrogen-bond donors (Lipinski definition) is 0. The lowest BCUT2D eigenvalue weighted by atomic mass is 10.1. The Kier molecular flexibility index (Phi) is 6.04. The zero-order valence-corrected chi connectivity index (χ0v) is 15.5. The summed E-state index contributed by atoms with van der Waals surface area (Å²) in [5.74, 6) is 1.51. The van der Waals surface area contributed by atoms with Crippen molar-refractivity contribution in [3.8, 4) is 5.88 Å². The van der Waals surface area contributed by atoms with Crippen molar-refractivity contribution in [3.63, 3.8) is 0 Å². The molecule has 0 spiro atoms. The minimum absolute atomic E-state index is 0.00687. The highest BCUT2D eigenvalue weighted by molar-refractivity contribution is 5.76. The highest BCUT2D eigenvalue weighted by Gasteiger charge is 2.27. The number of anilines is 1. The molecule has 1 atom stereocenters. The van der Waals surface area contributed by atoms with Crippen molar-refractivity contribution in [1.82, 2.24) is 15.1 Å². The van der Waals surface area contributed by atoms with Crippen LogP contribution in [0.1, 0.15) is 24.8 Å². The SMILES string of the molecule is CN(C)c1ccc(OC2CCN(C(=O)CCCc3ccccc3)C2)nn1. The maximum absolute atomic E-state index is 12.4. The topological polar surface area (TPSA) is 58.6 Å². The summed E-state index contributed by atoms with van der Waals surface area (Å²) in [6, 6.07) is 14.0. The van der Waals surface area contributed by atoms with E-state index in [9.17, 15) is 4.79 Å². The third-order valence-corrected chi connectivity index (χ3v) is 4.57. The molecule has 0 N–H and O–H groups in total. The minimum Gasteiger partial charge on any atom is -0.471 e. The molecule has 1 unspecified atom stereocenters. The number of amides is 1. The largest absolute Gasteiger partial charge is 0.471 e. The Morgan fingerprint density at radius 2 is 2.00 bits per heavy atom. The molecule has 0 radical (unpaired) electrons. The van der Waals surface area contributed by atoms with E-state index >= 15 is 0 Å². The summed E-state index contributed by atoms with van der Waals surface area (Å²) in [6.07, 6.45) is 3.23. The predicted octanol–water partition coefficient (Wildman–Crippen LogP) is 2.55. The van der Waals surface area contributed by atoms with E-state index in [0.717, 1.165) is 31.6 Å². The Labute approximate surface area is 154 Å². The third-order valence-electron chi connectivity index (χ3n) is 4.57. The van der Waals surface area contributed by atoms with Gasteiger partial charge < -0.3 is 14.5 Å². The van der Waals surface area contributed by atoms with Crippen molar-refractivity contribution in [2.75, 3.05) is 32.1 Å². The van der Waals surface area contributed by atoms with Gasteiger partial charge in [-0.25, -0.2) is 0 Å². The Bertz CT molecular complexity index is 704. The molecule has 2 aromatic rings. The number of benzene rings is 1. The van der Waals surface area contributed by atoms with Gasteiger partial charge in [-0.05, 0) is 24.5 Å². The second-order valence-corrected chi connectivity index (χ2v) is 6.83. The predicted molar refractivity (Wildman–Crippen MR) is 101 cm³/mol. The van der Waals surface area contributed by atoms with Crippen LogP contribution in [0.2, 0.25) is 0 Å². The van der Waals surface area contributed by atoms with Crippen LogP contribution in [0.5, 0.6) is 5.88 Å². The number of nitrogens with zero attached hydrogens (tertiary/aromatic N) is 4. The van der Waals surface area contributed by atoms with Gasteiger partial charge in [-0.2, -0.15) is 0 Å². The summed E-state index contributed by atoms with van der Waals surface area (Å²) in [7, 11) is 3.84. The van der Waals surface area contributed by atoms with E-state index in [1.54, 1.807) is 0 Å². The fraction of sp³-hybridized carbons (Fsp3) is 0.450. The van der Waals surface area contributed by atoms with Crippen molar-refractivity contribution in [2.24, 2.45) is 0 Å². The lowest BCUT2D eigenvalue weighted by molar-refractivity contribution is -0.130. The fourth-order valence-electron chi connectivity index (χ4n) is 3.08. The molecule has 0 bridgehead atoms. The number of aryl methyl sites for hydroxylation is 1. The van der Waals surface area contributed by atoms with E-state index < -0.39 is 0 Å². The third kappa shape index (κ3) is 4.94. The molecule has 1 fully saturated rings. The van der Waals surface area contributed by atoms with Gasteiger partial charge >= 0.3 is 0 Å². The summed E-state index contributed by atoms with van der Waals surface area (Å²) in [5, 5.41) is 8.21. The van der Waals surface area contributed by atoms with Gasteiger partial charge in [-0.1, -0.05) is 30.3 Å². The van der Waals surface area contributed by atoms with Gasteiger partial charge in [0.05, 0.1) is 6.54 Å². The standard InChI is InChI=1S/C20H26N4O2/c1-23(2)18-11-12-19(22-21-18)26-17-13-14-24(15-17)20(25)10-6-9-16-7-4-3-5-8-16/h3-5,7-8,11-12,17H,6,9-10,13-15H2,1-2H3. The first-order valence-corrected chi connectivity index (χ1v) is 9.11. The van der Waals surface area contributed by atoms with Crippen molar-refractivity contribution in [1.29, 1.82) is 0 Å². The first kappa shape index (κ1) is 18.2. The zero-order valence-electron chi connectivity index (χ0n) is 15.5.